The topological polar surface area (TPSA) is 38.3 Å². The molecular weight excluding hydrogens is 467 g/mol. The molecule has 3 aromatic rings. The molecule has 0 atom stereocenters. The standard InChI is InChI=1S/C21H11ClF7NO2/c22-16-2-1-3-17(23)18(16)30-19(31)11-4-6-14(7-5-11)32-15-9-12(20(24,25)26)8-13(10-15)21(27,28)29/h1-10H,(H,30,31). The molecule has 1 N–H and O–H groups in total. The Balaban J connectivity index is 1.82. The number of benzene rings is 3. The van der Waals surface area contributed by atoms with Crippen molar-refractivity contribution >= 4 is 23.2 Å². The summed E-state index contributed by atoms with van der Waals surface area (Å²) in [6.07, 6.45) is -10.0. The lowest BCUT2D eigenvalue weighted by Gasteiger charge is -2.15. The Morgan fingerprint density at radius 1 is 0.812 bits per heavy atom. The van der Waals surface area contributed by atoms with Gasteiger partial charge >= 0.3 is 12.4 Å². The summed E-state index contributed by atoms with van der Waals surface area (Å²) in [5.41, 5.74) is -3.29. The zero-order valence-electron chi connectivity index (χ0n) is 15.6. The number of rotatable bonds is 4. The van der Waals surface area contributed by atoms with Crippen molar-refractivity contribution < 1.29 is 40.3 Å². The van der Waals surface area contributed by atoms with E-state index in [1.165, 1.54) is 24.3 Å². The molecule has 0 heterocycles. The van der Waals surface area contributed by atoms with Crippen LogP contribution in [0.15, 0.2) is 60.7 Å². The molecule has 0 unspecified atom stereocenters. The fraction of sp³-hybridized carbons (Fsp3) is 0.0952. The molecule has 0 bridgehead atoms. The normalized spacial score (nSPS) is 11.9. The number of hydrogen-bond acceptors (Lipinski definition) is 2. The highest BCUT2D eigenvalue weighted by Gasteiger charge is 2.37. The molecule has 0 aliphatic rings. The van der Waals surface area contributed by atoms with Crippen LogP contribution in [-0.2, 0) is 12.4 Å². The van der Waals surface area contributed by atoms with E-state index >= 15 is 0 Å². The van der Waals surface area contributed by atoms with Crippen molar-refractivity contribution in [2.75, 3.05) is 5.32 Å². The van der Waals surface area contributed by atoms with Gasteiger partial charge in [0.2, 0.25) is 0 Å². The van der Waals surface area contributed by atoms with Gasteiger partial charge in [-0.05, 0) is 54.6 Å². The summed E-state index contributed by atoms with van der Waals surface area (Å²) in [5, 5.41) is 2.24. The Labute approximate surface area is 181 Å². The zero-order chi connectivity index (χ0) is 23.7. The van der Waals surface area contributed by atoms with Gasteiger partial charge in [0.25, 0.3) is 5.91 Å². The molecule has 32 heavy (non-hydrogen) atoms. The number of carbonyl (C=O) groups excluding carboxylic acids is 1. The maximum Gasteiger partial charge on any atom is 0.416 e. The Kier molecular flexibility index (Phi) is 6.36. The van der Waals surface area contributed by atoms with E-state index in [2.05, 4.69) is 5.32 Å². The number of nitrogens with one attached hydrogen (secondary N) is 1. The minimum atomic E-state index is -5.02. The fourth-order valence-corrected chi connectivity index (χ4v) is 2.81. The second-order valence-electron chi connectivity index (χ2n) is 6.42. The van der Waals surface area contributed by atoms with Crippen LogP contribution in [0.4, 0.5) is 36.4 Å². The van der Waals surface area contributed by atoms with Gasteiger partial charge in [-0.25, -0.2) is 4.39 Å². The number of carbonyl (C=O) groups is 1. The van der Waals surface area contributed by atoms with Crippen molar-refractivity contribution in [1.29, 1.82) is 0 Å². The highest BCUT2D eigenvalue weighted by Crippen LogP contribution is 2.39. The number of ether oxygens (including phenoxy) is 1. The van der Waals surface area contributed by atoms with Crippen LogP contribution in [0.5, 0.6) is 11.5 Å². The summed E-state index contributed by atoms with van der Waals surface area (Å²) in [7, 11) is 0. The summed E-state index contributed by atoms with van der Waals surface area (Å²) < 4.78 is 96.6. The first kappa shape index (κ1) is 23.4. The minimum absolute atomic E-state index is 0.0108. The molecule has 0 aromatic heterocycles. The first-order chi connectivity index (χ1) is 14.8. The molecule has 168 valence electrons. The minimum Gasteiger partial charge on any atom is -0.457 e. The van der Waals surface area contributed by atoms with Crippen molar-refractivity contribution in [1.82, 2.24) is 0 Å². The highest BCUT2D eigenvalue weighted by atomic mass is 35.5. The van der Waals surface area contributed by atoms with E-state index in [4.69, 9.17) is 16.3 Å². The first-order valence-corrected chi connectivity index (χ1v) is 9.05. The van der Waals surface area contributed by atoms with Crippen LogP contribution in [0.3, 0.4) is 0 Å². The molecule has 0 saturated heterocycles. The zero-order valence-corrected chi connectivity index (χ0v) is 16.4. The van der Waals surface area contributed by atoms with Gasteiger partial charge in [-0.1, -0.05) is 17.7 Å². The van der Waals surface area contributed by atoms with Gasteiger partial charge in [0.15, 0.2) is 0 Å². The molecular formula is C21H11ClF7NO2. The van der Waals surface area contributed by atoms with E-state index in [0.717, 1.165) is 18.2 Å². The largest absolute Gasteiger partial charge is 0.457 e. The Morgan fingerprint density at radius 3 is 1.88 bits per heavy atom. The average Bonchev–Trinajstić information content (AvgIpc) is 2.70. The van der Waals surface area contributed by atoms with Gasteiger partial charge < -0.3 is 10.1 Å². The van der Waals surface area contributed by atoms with Crippen LogP contribution in [0.1, 0.15) is 21.5 Å². The molecule has 3 rings (SSSR count). The smallest absolute Gasteiger partial charge is 0.416 e. The lowest BCUT2D eigenvalue weighted by Crippen LogP contribution is -2.13. The van der Waals surface area contributed by atoms with Crippen LogP contribution < -0.4 is 10.1 Å². The lowest BCUT2D eigenvalue weighted by atomic mass is 10.1. The summed E-state index contributed by atoms with van der Waals surface area (Å²) in [5.74, 6) is -2.33. The van der Waals surface area contributed by atoms with Gasteiger partial charge in [-0.15, -0.1) is 0 Å². The molecule has 0 aliphatic carbocycles. The summed E-state index contributed by atoms with van der Waals surface area (Å²) in [6, 6.07) is 9.33. The molecule has 0 aliphatic heterocycles. The van der Waals surface area contributed by atoms with Crippen molar-refractivity contribution in [3.8, 4) is 11.5 Å². The quantitative estimate of drug-likeness (QED) is 0.394. The predicted octanol–water partition coefficient (Wildman–Crippen LogP) is 7.56. The number of amides is 1. The first-order valence-electron chi connectivity index (χ1n) is 8.67. The number of hydrogen-bond donors (Lipinski definition) is 1. The van der Waals surface area contributed by atoms with E-state index in [1.54, 1.807) is 0 Å². The Bertz CT molecular complexity index is 1090. The predicted molar refractivity (Wildman–Crippen MR) is 102 cm³/mol. The third kappa shape index (κ3) is 5.50. The average molecular weight is 478 g/mol. The number of halogens is 8. The summed E-state index contributed by atoms with van der Waals surface area (Å²) in [6.45, 7) is 0. The van der Waals surface area contributed by atoms with Crippen LogP contribution in [-0.4, -0.2) is 5.91 Å². The van der Waals surface area contributed by atoms with Gasteiger partial charge in [-0.3, -0.25) is 4.79 Å². The van der Waals surface area contributed by atoms with E-state index in [-0.39, 0.29) is 28.1 Å². The van der Waals surface area contributed by atoms with E-state index in [1.807, 2.05) is 0 Å². The Morgan fingerprint density at radius 2 is 1.38 bits per heavy atom. The van der Waals surface area contributed by atoms with E-state index in [0.29, 0.717) is 12.1 Å². The number of anilines is 1. The van der Waals surface area contributed by atoms with Crippen LogP contribution in [0.2, 0.25) is 5.02 Å². The summed E-state index contributed by atoms with van der Waals surface area (Å²) >= 11 is 5.83. The van der Waals surface area contributed by atoms with Crippen molar-refractivity contribution in [3.63, 3.8) is 0 Å². The maximum absolute atomic E-state index is 13.8. The van der Waals surface area contributed by atoms with Gasteiger partial charge in [0.05, 0.1) is 21.8 Å². The molecule has 0 saturated carbocycles. The third-order valence-electron chi connectivity index (χ3n) is 4.11. The molecule has 0 fully saturated rings. The highest BCUT2D eigenvalue weighted by molar-refractivity contribution is 6.34. The second kappa shape index (κ2) is 8.70. The van der Waals surface area contributed by atoms with Crippen molar-refractivity contribution in [2.24, 2.45) is 0 Å². The molecule has 0 spiro atoms. The van der Waals surface area contributed by atoms with Crippen molar-refractivity contribution in [2.45, 2.75) is 12.4 Å². The molecule has 3 nitrogen and oxygen atoms in total. The monoisotopic (exact) mass is 477 g/mol. The molecule has 3 aromatic carbocycles. The van der Waals surface area contributed by atoms with Gasteiger partial charge in [0.1, 0.15) is 17.3 Å². The molecule has 0 radical (unpaired) electrons. The second-order valence-corrected chi connectivity index (χ2v) is 6.83. The number of para-hydroxylation sites is 1. The van der Waals surface area contributed by atoms with E-state index in [9.17, 15) is 35.5 Å². The lowest BCUT2D eigenvalue weighted by molar-refractivity contribution is -0.143. The van der Waals surface area contributed by atoms with Gasteiger partial charge in [-0.2, -0.15) is 26.3 Å². The van der Waals surface area contributed by atoms with Crippen molar-refractivity contribution in [3.05, 3.63) is 88.2 Å². The molecule has 1 amide bonds. The number of alkyl halides is 6. The van der Waals surface area contributed by atoms with Crippen LogP contribution in [0.25, 0.3) is 0 Å². The van der Waals surface area contributed by atoms with E-state index < -0.39 is 41.0 Å². The van der Waals surface area contributed by atoms with Crippen LogP contribution >= 0.6 is 11.6 Å². The summed E-state index contributed by atoms with van der Waals surface area (Å²) in [4.78, 5) is 12.3. The SMILES string of the molecule is O=C(Nc1c(F)cccc1Cl)c1ccc(Oc2cc(C(F)(F)F)cc(C(F)(F)F)c2)cc1. The molecule has 11 heteroatoms. The third-order valence-corrected chi connectivity index (χ3v) is 4.43. The maximum atomic E-state index is 13.8. The van der Waals surface area contributed by atoms with Gasteiger partial charge in [0, 0.05) is 5.56 Å². The van der Waals surface area contributed by atoms with Crippen LogP contribution in [0, 0.1) is 5.82 Å². The fourth-order valence-electron chi connectivity index (χ4n) is 2.60. The Hall–Kier alpha value is -3.27.